The molecular weight excluding hydrogens is 230 g/mol. The van der Waals surface area contributed by atoms with Crippen molar-refractivity contribution in [3.8, 4) is 0 Å². The van der Waals surface area contributed by atoms with Crippen molar-refractivity contribution in [3.63, 3.8) is 0 Å². The lowest BCUT2D eigenvalue weighted by molar-refractivity contribution is 0.0444. The lowest BCUT2D eigenvalue weighted by Crippen LogP contribution is -1.97. The van der Waals surface area contributed by atoms with Crippen molar-refractivity contribution in [3.05, 3.63) is 47.5 Å². The maximum atomic E-state index is 11.8. The van der Waals surface area contributed by atoms with Gasteiger partial charge in [-0.2, -0.15) is 0 Å². The summed E-state index contributed by atoms with van der Waals surface area (Å²) in [5, 5.41) is 1.69. The summed E-state index contributed by atoms with van der Waals surface area (Å²) in [5.74, 6) is -1.13. The SMILES string of the molecule is O=C1OC(=O)c2c1ccc1[nH]c3ccccc3c21. The van der Waals surface area contributed by atoms with Crippen LogP contribution in [0.1, 0.15) is 20.7 Å². The fraction of sp³-hybridized carbons (Fsp3) is 0. The second kappa shape index (κ2) is 2.98. The molecule has 0 amide bonds. The number of carbonyl (C=O) groups is 2. The molecule has 4 rings (SSSR count). The maximum Gasteiger partial charge on any atom is 0.347 e. The number of nitrogens with one attached hydrogen (secondary N) is 1. The first-order valence-corrected chi connectivity index (χ1v) is 5.55. The lowest BCUT2D eigenvalue weighted by atomic mass is 10.0. The van der Waals surface area contributed by atoms with Gasteiger partial charge in [-0.15, -0.1) is 0 Å². The number of hydrogen-bond donors (Lipinski definition) is 1. The number of rotatable bonds is 0. The normalized spacial score (nSPS) is 14.2. The van der Waals surface area contributed by atoms with E-state index < -0.39 is 11.9 Å². The van der Waals surface area contributed by atoms with Crippen LogP contribution in [-0.4, -0.2) is 16.9 Å². The zero-order valence-electron chi connectivity index (χ0n) is 9.19. The second-order valence-corrected chi connectivity index (χ2v) is 4.26. The monoisotopic (exact) mass is 237 g/mol. The smallest absolute Gasteiger partial charge is 0.347 e. The van der Waals surface area contributed by atoms with Gasteiger partial charge in [-0.3, -0.25) is 0 Å². The molecule has 0 saturated carbocycles. The summed E-state index contributed by atoms with van der Waals surface area (Å²) in [6.45, 7) is 0. The summed E-state index contributed by atoms with van der Waals surface area (Å²) in [7, 11) is 0. The minimum atomic E-state index is -0.567. The van der Waals surface area contributed by atoms with Crippen molar-refractivity contribution >= 4 is 33.7 Å². The van der Waals surface area contributed by atoms with Crippen molar-refractivity contribution in [2.24, 2.45) is 0 Å². The molecule has 0 fully saturated rings. The minimum absolute atomic E-state index is 0.345. The summed E-state index contributed by atoms with van der Waals surface area (Å²) in [5.41, 5.74) is 2.49. The summed E-state index contributed by atoms with van der Waals surface area (Å²) in [6, 6.07) is 11.1. The third kappa shape index (κ3) is 0.996. The van der Waals surface area contributed by atoms with Gasteiger partial charge in [0, 0.05) is 21.8 Å². The van der Waals surface area contributed by atoms with Crippen molar-refractivity contribution in [1.82, 2.24) is 4.98 Å². The average molecular weight is 237 g/mol. The Labute approximate surface area is 101 Å². The molecule has 0 aliphatic carbocycles. The van der Waals surface area contributed by atoms with Gasteiger partial charge in [0.05, 0.1) is 11.1 Å². The predicted octanol–water partition coefficient (Wildman–Crippen LogP) is 2.63. The Bertz CT molecular complexity index is 845. The highest BCUT2D eigenvalue weighted by atomic mass is 16.6. The van der Waals surface area contributed by atoms with Crippen molar-refractivity contribution in [1.29, 1.82) is 0 Å². The zero-order valence-corrected chi connectivity index (χ0v) is 9.19. The average Bonchev–Trinajstić information content (AvgIpc) is 2.87. The summed E-state index contributed by atoms with van der Waals surface area (Å²) < 4.78 is 4.67. The van der Waals surface area contributed by atoms with E-state index in [2.05, 4.69) is 9.72 Å². The van der Waals surface area contributed by atoms with Gasteiger partial charge in [-0.1, -0.05) is 18.2 Å². The molecule has 0 spiro atoms. The van der Waals surface area contributed by atoms with Gasteiger partial charge in [0.15, 0.2) is 0 Å². The van der Waals surface area contributed by atoms with Crippen molar-refractivity contribution < 1.29 is 14.3 Å². The van der Waals surface area contributed by atoms with E-state index in [9.17, 15) is 9.59 Å². The molecule has 2 aromatic carbocycles. The molecule has 0 saturated heterocycles. The molecule has 18 heavy (non-hydrogen) atoms. The van der Waals surface area contributed by atoms with Crippen LogP contribution in [0.4, 0.5) is 0 Å². The van der Waals surface area contributed by atoms with Gasteiger partial charge in [0.25, 0.3) is 0 Å². The largest absolute Gasteiger partial charge is 0.386 e. The highest BCUT2D eigenvalue weighted by Crippen LogP contribution is 2.33. The van der Waals surface area contributed by atoms with Crippen LogP contribution in [-0.2, 0) is 4.74 Å². The predicted molar refractivity (Wildman–Crippen MR) is 65.6 cm³/mol. The molecule has 4 nitrogen and oxygen atoms in total. The first-order valence-electron chi connectivity index (χ1n) is 5.55. The molecule has 0 bridgehead atoms. The highest BCUT2D eigenvalue weighted by Gasteiger charge is 2.32. The summed E-state index contributed by atoms with van der Waals surface area (Å²) >= 11 is 0. The van der Waals surface area contributed by atoms with Gasteiger partial charge in [0.2, 0.25) is 0 Å². The standard InChI is InChI=1S/C14H7NO3/c16-13-8-5-6-10-11(12(8)14(17)18-13)7-3-1-2-4-9(7)15-10/h1-6,15H. The van der Waals surface area contributed by atoms with Gasteiger partial charge in [-0.05, 0) is 18.2 Å². The van der Waals surface area contributed by atoms with Crippen LogP contribution in [0.5, 0.6) is 0 Å². The molecular formula is C14H7NO3. The third-order valence-electron chi connectivity index (χ3n) is 3.28. The Kier molecular flexibility index (Phi) is 1.56. The van der Waals surface area contributed by atoms with Crippen molar-refractivity contribution in [2.45, 2.75) is 0 Å². The second-order valence-electron chi connectivity index (χ2n) is 4.26. The van der Waals surface area contributed by atoms with Crippen LogP contribution < -0.4 is 0 Å². The molecule has 1 aliphatic heterocycles. The number of para-hydroxylation sites is 1. The number of cyclic esters (lactones) is 2. The third-order valence-corrected chi connectivity index (χ3v) is 3.28. The molecule has 2 heterocycles. The van der Waals surface area contributed by atoms with Crippen LogP contribution in [0, 0.1) is 0 Å². The Hall–Kier alpha value is -2.62. The Morgan fingerprint density at radius 3 is 2.61 bits per heavy atom. The molecule has 86 valence electrons. The molecule has 0 atom stereocenters. The minimum Gasteiger partial charge on any atom is -0.386 e. The Balaban J connectivity index is 2.29. The molecule has 1 aromatic heterocycles. The number of benzene rings is 2. The number of fused-ring (bicyclic) bond motifs is 5. The highest BCUT2D eigenvalue weighted by molar-refractivity contribution is 6.25. The van der Waals surface area contributed by atoms with E-state index in [-0.39, 0.29) is 0 Å². The van der Waals surface area contributed by atoms with E-state index in [1.54, 1.807) is 12.1 Å². The van der Waals surface area contributed by atoms with Gasteiger partial charge in [-0.25, -0.2) is 9.59 Å². The first kappa shape index (κ1) is 9.41. The van der Waals surface area contributed by atoms with Crippen LogP contribution in [0.15, 0.2) is 36.4 Å². The number of esters is 2. The maximum absolute atomic E-state index is 11.8. The van der Waals surface area contributed by atoms with E-state index in [4.69, 9.17) is 0 Å². The van der Waals surface area contributed by atoms with E-state index in [1.807, 2.05) is 24.3 Å². The van der Waals surface area contributed by atoms with E-state index in [0.717, 1.165) is 21.8 Å². The number of aromatic nitrogens is 1. The summed E-state index contributed by atoms with van der Waals surface area (Å²) in [6.07, 6.45) is 0. The number of hydrogen-bond acceptors (Lipinski definition) is 3. The zero-order chi connectivity index (χ0) is 12.3. The molecule has 0 radical (unpaired) electrons. The summed E-state index contributed by atoms with van der Waals surface area (Å²) in [4.78, 5) is 26.5. The molecule has 4 heteroatoms. The fourth-order valence-corrected chi connectivity index (χ4v) is 2.51. The quantitative estimate of drug-likeness (QED) is 0.483. The van der Waals surface area contributed by atoms with E-state index in [1.165, 1.54) is 0 Å². The number of aromatic amines is 1. The number of H-pyrrole nitrogens is 1. The lowest BCUT2D eigenvalue weighted by Gasteiger charge is -1.95. The Morgan fingerprint density at radius 1 is 0.889 bits per heavy atom. The molecule has 1 aliphatic rings. The van der Waals surface area contributed by atoms with Gasteiger partial charge in [0.1, 0.15) is 0 Å². The van der Waals surface area contributed by atoms with Gasteiger partial charge < -0.3 is 9.72 Å². The Morgan fingerprint density at radius 2 is 1.72 bits per heavy atom. The topological polar surface area (TPSA) is 59.2 Å². The van der Waals surface area contributed by atoms with Crippen LogP contribution in [0.3, 0.4) is 0 Å². The first-order chi connectivity index (χ1) is 8.75. The molecule has 3 aromatic rings. The molecule has 0 unspecified atom stereocenters. The van der Waals surface area contributed by atoms with Crippen molar-refractivity contribution in [2.75, 3.05) is 0 Å². The van der Waals surface area contributed by atoms with Gasteiger partial charge >= 0.3 is 11.9 Å². The van der Waals surface area contributed by atoms with E-state index in [0.29, 0.717) is 11.1 Å². The number of ether oxygens (including phenoxy) is 1. The van der Waals surface area contributed by atoms with Crippen LogP contribution in [0.25, 0.3) is 21.8 Å². The van der Waals surface area contributed by atoms with Crippen LogP contribution >= 0.6 is 0 Å². The fourth-order valence-electron chi connectivity index (χ4n) is 2.51. The van der Waals surface area contributed by atoms with E-state index >= 15 is 0 Å². The number of carbonyl (C=O) groups excluding carboxylic acids is 2. The van der Waals surface area contributed by atoms with Crippen LogP contribution in [0.2, 0.25) is 0 Å². The molecule has 1 N–H and O–H groups in total.